The van der Waals surface area contributed by atoms with Gasteiger partial charge in [-0.3, -0.25) is 10.1 Å². The third kappa shape index (κ3) is 4.14. The molecular formula is C32H20BrClN4O3S. The fourth-order valence-electron chi connectivity index (χ4n) is 5.70. The molecule has 8 rings (SSSR count). The smallest absolute Gasteiger partial charge is 0.314 e. The third-order valence-electron chi connectivity index (χ3n) is 7.64. The average Bonchev–Trinajstić information content (AvgIpc) is 3.71. The van der Waals surface area contributed by atoms with Crippen LogP contribution in [0.1, 0.15) is 29.2 Å². The van der Waals surface area contributed by atoms with E-state index in [1.165, 1.54) is 0 Å². The van der Waals surface area contributed by atoms with Gasteiger partial charge in [0.1, 0.15) is 11.3 Å². The van der Waals surface area contributed by atoms with Crippen molar-refractivity contribution in [2.75, 3.05) is 0 Å². The van der Waals surface area contributed by atoms with Crippen molar-refractivity contribution in [3.8, 4) is 17.1 Å². The van der Waals surface area contributed by atoms with Gasteiger partial charge in [-0.25, -0.2) is 5.01 Å². The maximum atomic E-state index is 13.1. The van der Waals surface area contributed by atoms with Gasteiger partial charge in [0.05, 0.1) is 22.0 Å². The first-order chi connectivity index (χ1) is 20.5. The minimum atomic E-state index is -1.31. The summed E-state index contributed by atoms with van der Waals surface area (Å²) in [6.07, 6.45) is 2.61. The molecule has 4 aromatic carbocycles. The van der Waals surface area contributed by atoms with Crippen molar-refractivity contribution in [1.29, 1.82) is 0 Å². The zero-order chi connectivity index (χ0) is 28.4. The Morgan fingerprint density at radius 2 is 1.86 bits per heavy atom. The molecule has 1 saturated heterocycles. The summed E-state index contributed by atoms with van der Waals surface area (Å²) in [5, 5.41) is 15.6. The van der Waals surface area contributed by atoms with Gasteiger partial charge in [-0.05, 0) is 71.4 Å². The number of hydrogen-bond acceptors (Lipinski definition) is 7. The maximum absolute atomic E-state index is 13.1. The fraction of sp³-hybridized carbons (Fsp3) is 0.0938. The number of hydrogen-bond donors (Lipinski definition) is 1. The molecule has 1 spiro atoms. The lowest BCUT2D eigenvalue weighted by molar-refractivity contribution is -0.0949. The molecule has 1 aromatic heterocycles. The van der Waals surface area contributed by atoms with Gasteiger partial charge in [-0.2, -0.15) is 5.10 Å². The van der Waals surface area contributed by atoms with Gasteiger partial charge in [-0.1, -0.05) is 81.2 Å². The number of benzene rings is 4. The molecule has 1 amide bonds. The number of nitrogens with zero attached hydrogens (tertiary/aromatic N) is 3. The van der Waals surface area contributed by atoms with E-state index in [4.69, 9.17) is 26.0 Å². The first-order valence-electron chi connectivity index (χ1n) is 13.3. The molecule has 5 aromatic rings. The second-order valence-corrected chi connectivity index (χ2v) is 12.6. The first-order valence-corrected chi connectivity index (χ1v) is 15.2. The number of thioether (sulfide) groups is 1. The highest BCUT2D eigenvalue weighted by Gasteiger charge is 2.58. The number of aromatic nitrogens is 1. The van der Waals surface area contributed by atoms with Gasteiger partial charge in [0.2, 0.25) is 0 Å². The molecule has 0 radical (unpaired) electrons. The van der Waals surface area contributed by atoms with E-state index in [0.29, 0.717) is 27.9 Å². The molecule has 0 saturated carbocycles. The van der Waals surface area contributed by atoms with Crippen LogP contribution in [0.15, 0.2) is 110 Å². The number of ether oxygens (including phenoxy) is 1. The average molecular weight is 656 g/mol. The van der Waals surface area contributed by atoms with E-state index in [9.17, 15) is 4.79 Å². The SMILES string of the molecule is O=C1NC2(Oc3ccc(Br)cc3C3CC(c4ccc(Cl)cc4)=NN32)/C(=C/c2ccc3noc(-c4ccccc4)c3c2)S1. The lowest BCUT2D eigenvalue weighted by atomic mass is 9.95. The van der Waals surface area contributed by atoms with Crippen LogP contribution in [0.2, 0.25) is 5.02 Å². The topological polar surface area (TPSA) is 80.0 Å². The van der Waals surface area contributed by atoms with E-state index in [0.717, 1.165) is 55.1 Å². The summed E-state index contributed by atoms with van der Waals surface area (Å²) in [5.74, 6) is 0.0773. The van der Waals surface area contributed by atoms with Crippen molar-refractivity contribution < 1.29 is 14.1 Å². The summed E-state index contributed by atoms with van der Waals surface area (Å²) < 4.78 is 13.4. The van der Waals surface area contributed by atoms with Crippen LogP contribution >= 0.6 is 39.3 Å². The molecule has 206 valence electrons. The van der Waals surface area contributed by atoms with Crippen molar-refractivity contribution in [2.45, 2.75) is 18.3 Å². The summed E-state index contributed by atoms with van der Waals surface area (Å²) in [5.41, 5.74) is 5.42. The molecule has 7 nitrogen and oxygen atoms in total. The summed E-state index contributed by atoms with van der Waals surface area (Å²) in [4.78, 5) is 13.8. The second kappa shape index (κ2) is 9.76. The molecule has 2 unspecified atom stereocenters. The fourth-order valence-corrected chi connectivity index (χ4v) is 7.12. The normalized spacial score (nSPS) is 21.8. The number of amides is 1. The quantitative estimate of drug-likeness (QED) is 0.210. The van der Waals surface area contributed by atoms with Gasteiger partial charge in [-0.15, -0.1) is 0 Å². The second-order valence-electron chi connectivity index (χ2n) is 10.2. The van der Waals surface area contributed by atoms with Crippen molar-refractivity contribution in [3.05, 3.63) is 122 Å². The van der Waals surface area contributed by atoms with Gasteiger partial charge in [0.25, 0.3) is 5.24 Å². The standard InChI is InChI=1S/C32H20BrClN4O3S/c33-21-9-13-28-24(16-21)27-17-26(19-7-10-22(34)11-8-19)36-38(27)32(40-28)29(42-31(39)35-32)15-18-6-12-25-23(14-18)30(41-37-25)20-4-2-1-3-5-20/h1-16,27H,17H2,(H,35,39)/b29-15-. The number of rotatable bonds is 3. The number of hydrazone groups is 1. The molecule has 3 aliphatic heterocycles. The van der Waals surface area contributed by atoms with Crippen LogP contribution in [0.25, 0.3) is 28.3 Å². The Labute approximate surface area is 258 Å². The number of fused-ring (bicyclic) bond motifs is 5. The minimum absolute atomic E-state index is 0.162. The summed E-state index contributed by atoms with van der Waals surface area (Å²) >= 11 is 10.9. The lowest BCUT2D eigenvalue weighted by Gasteiger charge is -2.45. The van der Waals surface area contributed by atoms with E-state index in [2.05, 4.69) is 32.5 Å². The van der Waals surface area contributed by atoms with Gasteiger partial charge >= 0.3 is 5.85 Å². The molecule has 0 aliphatic carbocycles. The molecule has 1 fully saturated rings. The Hall–Kier alpha value is -4.05. The van der Waals surface area contributed by atoms with E-state index in [1.54, 1.807) is 0 Å². The monoisotopic (exact) mass is 654 g/mol. The molecule has 1 N–H and O–H groups in total. The van der Waals surface area contributed by atoms with Crippen LogP contribution in [-0.4, -0.2) is 27.0 Å². The zero-order valence-electron chi connectivity index (χ0n) is 21.8. The predicted octanol–water partition coefficient (Wildman–Crippen LogP) is 8.61. The Balaban J connectivity index is 1.26. The van der Waals surface area contributed by atoms with Crippen LogP contribution < -0.4 is 10.1 Å². The summed E-state index contributed by atoms with van der Waals surface area (Å²) in [7, 11) is 0. The van der Waals surface area contributed by atoms with E-state index in [1.807, 2.05) is 96.0 Å². The summed E-state index contributed by atoms with van der Waals surface area (Å²) in [6.45, 7) is 0. The van der Waals surface area contributed by atoms with Crippen molar-refractivity contribution in [3.63, 3.8) is 0 Å². The van der Waals surface area contributed by atoms with Crippen LogP contribution in [-0.2, 0) is 0 Å². The Bertz CT molecular complexity index is 1960. The number of carbonyl (C=O) groups is 1. The minimum Gasteiger partial charge on any atom is -0.444 e. The number of halogens is 2. The van der Waals surface area contributed by atoms with E-state index >= 15 is 0 Å². The van der Waals surface area contributed by atoms with E-state index < -0.39 is 5.85 Å². The lowest BCUT2D eigenvalue weighted by Crippen LogP contribution is -2.61. The van der Waals surface area contributed by atoms with Crippen LogP contribution in [0.3, 0.4) is 0 Å². The van der Waals surface area contributed by atoms with Gasteiger partial charge < -0.3 is 9.26 Å². The number of carbonyl (C=O) groups excluding carboxylic acids is 1. The molecule has 10 heteroatoms. The van der Waals surface area contributed by atoms with Crippen LogP contribution in [0.4, 0.5) is 4.79 Å². The molecule has 4 heterocycles. The highest BCUT2D eigenvalue weighted by molar-refractivity contribution is 9.10. The predicted molar refractivity (Wildman–Crippen MR) is 168 cm³/mol. The Morgan fingerprint density at radius 3 is 2.69 bits per heavy atom. The molecule has 42 heavy (non-hydrogen) atoms. The van der Waals surface area contributed by atoms with Crippen molar-refractivity contribution >= 4 is 67.2 Å². The molecule has 2 atom stereocenters. The van der Waals surface area contributed by atoms with Gasteiger partial charge in [0, 0.05) is 27.0 Å². The maximum Gasteiger partial charge on any atom is 0.314 e. The molecule has 0 bridgehead atoms. The number of nitrogens with one attached hydrogen (secondary N) is 1. The highest BCUT2D eigenvalue weighted by Crippen LogP contribution is 2.53. The van der Waals surface area contributed by atoms with Crippen LogP contribution in [0, 0.1) is 0 Å². The largest absolute Gasteiger partial charge is 0.444 e. The van der Waals surface area contributed by atoms with Crippen LogP contribution in [0.5, 0.6) is 5.75 Å². The molecular weight excluding hydrogens is 636 g/mol. The van der Waals surface area contributed by atoms with E-state index in [-0.39, 0.29) is 11.3 Å². The Morgan fingerprint density at radius 1 is 1.02 bits per heavy atom. The van der Waals surface area contributed by atoms with Crippen molar-refractivity contribution in [2.24, 2.45) is 5.10 Å². The van der Waals surface area contributed by atoms with Crippen molar-refractivity contribution in [1.82, 2.24) is 15.5 Å². The third-order valence-corrected chi connectivity index (χ3v) is 9.29. The Kier molecular flexibility index (Phi) is 5.96. The summed E-state index contributed by atoms with van der Waals surface area (Å²) in [6, 6.07) is 29.2. The van der Waals surface area contributed by atoms with Gasteiger partial charge in [0.15, 0.2) is 5.76 Å². The molecule has 3 aliphatic rings. The zero-order valence-corrected chi connectivity index (χ0v) is 24.9. The first kappa shape index (κ1) is 25.6. The highest BCUT2D eigenvalue weighted by atomic mass is 79.9.